The van der Waals surface area contributed by atoms with E-state index < -0.39 is 0 Å². The maximum Gasteiger partial charge on any atom is 0.0801 e. The Kier molecular flexibility index (Phi) is 6.98. The lowest BCUT2D eigenvalue weighted by Gasteiger charge is -2.17. The molecule has 90 valence electrons. The molecule has 3 nitrogen and oxygen atoms in total. The molecule has 0 bridgehead atoms. The minimum atomic E-state index is -0.265. The van der Waals surface area contributed by atoms with E-state index in [2.05, 4.69) is 6.92 Å². The van der Waals surface area contributed by atoms with Gasteiger partial charge in [0.15, 0.2) is 0 Å². The molecule has 0 radical (unpaired) electrons. The fourth-order valence-electron chi connectivity index (χ4n) is 2.05. The van der Waals surface area contributed by atoms with Gasteiger partial charge in [0, 0.05) is 6.61 Å². The molecular weight excluding hydrogens is 192 g/mol. The largest absolute Gasteiger partial charge is 0.390 e. The van der Waals surface area contributed by atoms with E-state index >= 15 is 0 Å². The Labute approximate surface area is 92.8 Å². The fourth-order valence-corrected chi connectivity index (χ4v) is 2.05. The maximum atomic E-state index is 9.79. The van der Waals surface area contributed by atoms with Crippen LogP contribution in [-0.4, -0.2) is 37.6 Å². The van der Waals surface area contributed by atoms with Crippen molar-refractivity contribution in [1.82, 2.24) is 0 Å². The van der Waals surface area contributed by atoms with E-state index in [4.69, 9.17) is 9.47 Å². The molecule has 1 fully saturated rings. The fraction of sp³-hybridized carbons (Fsp3) is 1.00. The van der Waals surface area contributed by atoms with Crippen LogP contribution >= 0.6 is 0 Å². The number of hydrogen-bond acceptors (Lipinski definition) is 3. The Morgan fingerprint density at radius 2 is 1.80 bits per heavy atom. The number of rotatable bonds is 8. The Morgan fingerprint density at radius 1 is 1.13 bits per heavy atom. The molecule has 0 aliphatic heterocycles. The van der Waals surface area contributed by atoms with Crippen LogP contribution in [0.25, 0.3) is 0 Å². The third-order valence-corrected chi connectivity index (χ3v) is 2.95. The molecule has 1 atom stereocenters. The summed E-state index contributed by atoms with van der Waals surface area (Å²) in [7, 11) is 0. The van der Waals surface area contributed by atoms with Crippen molar-refractivity contribution in [3.8, 4) is 0 Å². The summed E-state index contributed by atoms with van der Waals surface area (Å²) in [5.74, 6) is 0.474. The van der Waals surface area contributed by atoms with Crippen LogP contribution in [0.5, 0.6) is 0 Å². The number of aliphatic hydroxyl groups is 1. The zero-order valence-electron chi connectivity index (χ0n) is 9.78. The third kappa shape index (κ3) is 5.50. The normalized spacial score (nSPS) is 19.6. The van der Waals surface area contributed by atoms with Crippen LogP contribution in [0.15, 0.2) is 0 Å². The predicted molar refractivity (Wildman–Crippen MR) is 59.9 cm³/mol. The molecule has 1 rings (SSSR count). The first kappa shape index (κ1) is 12.9. The number of aliphatic hydroxyl groups excluding tert-OH is 1. The molecule has 0 aromatic rings. The van der Waals surface area contributed by atoms with Crippen LogP contribution in [0.2, 0.25) is 0 Å². The topological polar surface area (TPSA) is 38.7 Å². The summed E-state index contributed by atoms with van der Waals surface area (Å²) >= 11 is 0. The third-order valence-electron chi connectivity index (χ3n) is 2.95. The minimum absolute atomic E-state index is 0.265. The number of ether oxygens (including phenoxy) is 2. The first-order valence-electron chi connectivity index (χ1n) is 6.18. The van der Waals surface area contributed by atoms with E-state index in [0.717, 1.165) is 25.9 Å². The first-order chi connectivity index (χ1) is 7.34. The number of hydrogen-bond donors (Lipinski definition) is 1. The Bertz CT molecular complexity index is 144. The van der Waals surface area contributed by atoms with Crippen molar-refractivity contribution in [2.45, 2.75) is 45.1 Å². The van der Waals surface area contributed by atoms with Crippen LogP contribution in [-0.2, 0) is 9.47 Å². The Balaban J connectivity index is 1.90. The second-order valence-electron chi connectivity index (χ2n) is 4.30. The zero-order chi connectivity index (χ0) is 10.9. The molecule has 1 unspecified atom stereocenters. The first-order valence-corrected chi connectivity index (χ1v) is 6.18. The second-order valence-corrected chi connectivity index (χ2v) is 4.30. The van der Waals surface area contributed by atoms with Gasteiger partial charge in [-0.3, -0.25) is 0 Å². The molecule has 1 aliphatic carbocycles. The van der Waals surface area contributed by atoms with Crippen LogP contribution < -0.4 is 0 Å². The molecule has 0 amide bonds. The molecule has 1 saturated carbocycles. The summed E-state index contributed by atoms with van der Waals surface area (Å²) in [4.78, 5) is 0. The van der Waals surface area contributed by atoms with Crippen molar-refractivity contribution < 1.29 is 14.6 Å². The molecule has 0 aromatic carbocycles. The van der Waals surface area contributed by atoms with Crippen LogP contribution in [0, 0.1) is 5.92 Å². The van der Waals surface area contributed by atoms with Crippen LogP contribution in [0.4, 0.5) is 0 Å². The Hall–Kier alpha value is -0.120. The summed E-state index contributed by atoms with van der Waals surface area (Å²) < 4.78 is 10.7. The Morgan fingerprint density at radius 3 is 2.47 bits per heavy atom. The van der Waals surface area contributed by atoms with Crippen LogP contribution in [0.3, 0.4) is 0 Å². The smallest absolute Gasteiger partial charge is 0.0801 e. The standard InChI is InChI=1S/C12H24O3/c1-2-7-14-8-9-15-10-12(13)11-5-3-4-6-11/h11-13H,2-10H2,1H3. The van der Waals surface area contributed by atoms with Gasteiger partial charge in [-0.25, -0.2) is 0 Å². The average Bonchev–Trinajstić information content (AvgIpc) is 2.76. The van der Waals surface area contributed by atoms with Gasteiger partial charge in [-0.15, -0.1) is 0 Å². The van der Waals surface area contributed by atoms with E-state index in [0.29, 0.717) is 25.7 Å². The summed E-state index contributed by atoms with van der Waals surface area (Å²) in [6.45, 7) is 4.61. The average molecular weight is 216 g/mol. The van der Waals surface area contributed by atoms with Gasteiger partial charge in [0.05, 0.1) is 25.9 Å². The van der Waals surface area contributed by atoms with Gasteiger partial charge in [0.1, 0.15) is 0 Å². The second kappa shape index (κ2) is 8.08. The van der Waals surface area contributed by atoms with Crippen molar-refractivity contribution >= 4 is 0 Å². The van der Waals surface area contributed by atoms with Crippen molar-refractivity contribution in [1.29, 1.82) is 0 Å². The van der Waals surface area contributed by atoms with Gasteiger partial charge in [-0.05, 0) is 25.2 Å². The zero-order valence-corrected chi connectivity index (χ0v) is 9.78. The lowest BCUT2D eigenvalue weighted by Crippen LogP contribution is -2.24. The molecule has 0 aromatic heterocycles. The van der Waals surface area contributed by atoms with Crippen LogP contribution in [0.1, 0.15) is 39.0 Å². The van der Waals surface area contributed by atoms with E-state index in [1.165, 1.54) is 12.8 Å². The summed E-state index contributed by atoms with van der Waals surface area (Å²) in [5, 5.41) is 9.79. The minimum Gasteiger partial charge on any atom is -0.390 e. The molecule has 3 heteroatoms. The molecule has 1 N–H and O–H groups in total. The molecular formula is C12H24O3. The highest BCUT2D eigenvalue weighted by molar-refractivity contribution is 4.74. The van der Waals surface area contributed by atoms with Gasteiger partial charge in [0.25, 0.3) is 0 Å². The predicted octanol–water partition coefficient (Wildman–Crippen LogP) is 1.98. The lowest BCUT2D eigenvalue weighted by atomic mass is 10.0. The van der Waals surface area contributed by atoms with Gasteiger partial charge in [-0.2, -0.15) is 0 Å². The van der Waals surface area contributed by atoms with Crippen molar-refractivity contribution in [2.24, 2.45) is 5.92 Å². The van der Waals surface area contributed by atoms with E-state index in [1.54, 1.807) is 0 Å². The highest BCUT2D eigenvalue weighted by atomic mass is 16.5. The highest BCUT2D eigenvalue weighted by Crippen LogP contribution is 2.27. The molecule has 15 heavy (non-hydrogen) atoms. The molecule has 0 heterocycles. The summed E-state index contributed by atoms with van der Waals surface area (Å²) in [6, 6.07) is 0. The lowest BCUT2D eigenvalue weighted by molar-refractivity contribution is -0.0157. The summed E-state index contributed by atoms with van der Waals surface area (Å²) in [6.07, 6.45) is 5.64. The van der Waals surface area contributed by atoms with Gasteiger partial charge in [-0.1, -0.05) is 19.8 Å². The van der Waals surface area contributed by atoms with Gasteiger partial charge in [0.2, 0.25) is 0 Å². The van der Waals surface area contributed by atoms with E-state index in [1.807, 2.05) is 0 Å². The SMILES string of the molecule is CCCOCCOCC(O)C1CCCC1. The summed E-state index contributed by atoms with van der Waals surface area (Å²) in [5.41, 5.74) is 0. The van der Waals surface area contributed by atoms with Gasteiger partial charge < -0.3 is 14.6 Å². The highest BCUT2D eigenvalue weighted by Gasteiger charge is 2.22. The molecule has 0 spiro atoms. The van der Waals surface area contributed by atoms with E-state index in [-0.39, 0.29) is 6.10 Å². The quantitative estimate of drug-likeness (QED) is 0.631. The van der Waals surface area contributed by atoms with Crippen molar-refractivity contribution in [3.63, 3.8) is 0 Å². The molecule has 0 saturated heterocycles. The van der Waals surface area contributed by atoms with Crippen molar-refractivity contribution in [3.05, 3.63) is 0 Å². The monoisotopic (exact) mass is 216 g/mol. The van der Waals surface area contributed by atoms with E-state index in [9.17, 15) is 5.11 Å². The van der Waals surface area contributed by atoms with Gasteiger partial charge >= 0.3 is 0 Å². The van der Waals surface area contributed by atoms with Crippen molar-refractivity contribution in [2.75, 3.05) is 26.4 Å². The maximum absolute atomic E-state index is 9.79. The molecule has 1 aliphatic rings.